The predicted octanol–water partition coefficient (Wildman–Crippen LogP) is 3.18. The van der Waals surface area contributed by atoms with Crippen molar-refractivity contribution in [1.82, 2.24) is 9.97 Å². The van der Waals surface area contributed by atoms with E-state index < -0.39 is 0 Å². The van der Waals surface area contributed by atoms with Crippen LogP contribution in [-0.2, 0) is 11.2 Å². The van der Waals surface area contributed by atoms with Crippen molar-refractivity contribution in [2.24, 2.45) is 0 Å². The van der Waals surface area contributed by atoms with Gasteiger partial charge in [0.05, 0.1) is 23.6 Å². The number of aryl methyl sites for hydroxylation is 1. The Morgan fingerprint density at radius 1 is 1.21 bits per heavy atom. The smallest absolute Gasteiger partial charge is 0.258 e. The van der Waals surface area contributed by atoms with Gasteiger partial charge < -0.3 is 15.0 Å². The number of carbonyl (C=O) groups excluding carboxylic acids is 1. The molecule has 2 aromatic carbocycles. The number of hydrogen-bond donors (Lipinski definition) is 2. The molecule has 3 aromatic rings. The van der Waals surface area contributed by atoms with Gasteiger partial charge in [-0.1, -0.05) is 18.2 Å². The summed E-state index contributed by atoms with van der Waals surface area (Å²) in [7, 11) is 0. The minimum Gasteiger partial charge on any atom is -0.493 e. The molecule has 0 aliphatic heterocycles. The Morgan fingerprint density at radius 2 is 2.07 bits per heavy atom. The Morgan fingerprint density at radius 3 is 2.93 bits per heavy atom. The van der Waals surface area contributed by atoms with Crippen LogP contribution in [0.3, 0.4) is 0 Å². The van der Waals surface area contributed by atoms with Crippen molar-refractivity contribution in [3.05, 3.63) is 64.7 Å². The van der Waals surface area contributed by atoms with Gasteiger partial charge in [-0.15, -0.1) is 0 Å². The number of hydrogen-bond acceptors (Lipinski definition) is 5. The number of benzene rings is 2. The van der Waals surface area contributed by atoms with Crippen molar-refractivity contribution in [2.45, 2.75) is 25.7 Å². The third-order valence-corrected chi connectivity index (χ3v) is 4.07. The molecule has 3 rings (SSSR count). The Labute approximate surface area is 162 Å². The van der Waals surface area contributed by atoms with E-state index in [0.29, 0.717) is 54.0 Å². The van der Waals surface area contributed by atoms with Crippen LogP contribution in [-0.4, -0.2) is 22.5 Å². The molecule has 0 fully saturated rings. The van der Waals surface area contributed by atoms with Gasteiger partial charge in [0.2, 0.25) is 5.91 Å². The van der Waals surface area contributed by atoms with Gasteiger partial charge in [-0.2, -0.15) is 5.26 Å². The number of aromatic nitrogens is 2. The van der Waals surface area contributed by atoms with Crippen LogP contribution >= 0.6 is 0 Å². The summed E-state index contributed by atoms with van der Waals surface area (Å²) in [6, 6.07) is 16.3. The summed E-state index contributed by atoms with van der Waals surface area (Å²) < 4.78 is 5.56. The number of para-hydroxylation sites is 1. The number of amides is 1. The predicted molar refractivity (Wildman–Crippen MR) is 106 cm³/mol. The Kier molecular flexibility index (Phi) is 6.37. The summed E-state index contributed by atoms with van der Waals surface area (Å²) in [5.74, 6) is 0.933. The van der Waals surface area contributed by atoms with E-state index in [9.17, 15) is 9.59 Å². The van der Waals surface area contributed by atoms with Crippen LogP contribution in [0.4, 0.5) is 5.69 Å². The molecule has 7 heteroatoms. The van der Waals surface area contributed by atoms with Gasteiger partial charge in [-0.05, 0) is 30.7 Å². The maximum atomic E-state index is 12.2. The molecule has 0 atom stereocenters. The largest absolute Gasteiger partial charge is 0.493 e. The number of nitriles is 1. The molecule has 0 saturated heterocycles. The third-order valence-electron chi connectivity index (χ3n) is 4.07. The fourth-order valence-corrected chi connectivity index (χ4v) is 2.71. The van der Waals surface area contributed by atoms with E-state index in [1.165, 1.54) is 0 Å². The molecule has 0 aliphatic rings. The molecule has 0 aliphatic carbocycles. The highest BCUT2D eigenvalue weighted by molar-refractivity contribution is 5.91. The molecule has 1 amide bonds. The lowest BCUT2D eigenvalue weighted by Gasteiger charge is -2.09. The average Bonchev–Trinajstić information content (AvgIpc) is 2.70. The van der Waals surface area contributed by atoms with Crippen molar-refractivity contribution in [3.8, 4) is 11.8 Å². The minimum atomic E-state index is -0.206. The zero-order valence-corrected chi connectivity index (χ0v) is 15.3. The number of nitrogens with one attached hydrogen (secondary N) is 2. The van der Waals surface area contributed by atoms with Crippen molar-refractivity contribution < 1.29 is 9.53 Å². The Hall–Kier alpha value is -3.66. The highest BCUT2D eigenvalue weighted by atomic mass is 16.5. The summed E-state index contributed by atoms with van der Waals surface area (Å²) >= 11 is 0. The van der Waals surface area contributed by atoms with Gasteiger partial charge >= 0.3 is 0 Å². The average molecular weight is 376 g/mol. The molecular weight excluding hydrogens is 356 g/mol. The standard InChI is InChI=1S/C21H20N4O3/c22-12-3-4-13-28-16-7-5-6-15(14-16)23-20(26)11-10-19-24-18-9-2-1-8-17(18)21(27)25-19/h1-2,5-9,14H,3-4,10-11,13H2,(H,23,26)(H,24,25,27). The number of unbranched alkanes of at least 4 members (excludes halogenated alkanes) is 1. The first kappa shape index (κ1) is 19.1. The van der Waals surface area contributed by atoms with Gasteiger partial charge in [0.15, 0.2) is 0 Å². The lowest BCUT2D eigenvalue weighted by molar-refractivity contribution is -0.116. The first-order valence-corrected chi connectivity index (χ1v) is 9.03. The van der Waals surface area contributed by atoms with Gasteiger partial charge in [0, 0.05) is 31.0 Å². The maximum Gasteiger partial charge on any atom is 0.258 e. The van der Waals surface area contributed by atoms with E-state index in [4.69, 9.17) is 10.00 Å². The molecule has 0 spiro atoms. The van der Waals surface area contributed by atoms with Gasteiger partial charge in [0.1, 0.15) is 11.6 Å². The van der Waals surface area contributed by atoms with Crippen LogP contribution in [0, 0.1) is 11.3 Å². The van der Waals surface area contributed by atoms with Gasteiger partial charge in [0.25, 0.3) is 5.56 Å². The summed E-state index contributed by atoms with van der Waals surface area (Å²) in [5, 5.41) is 11.9. The van der Waals surface area contributed by atoms with E-state index in [0.717, 1.165) is 0 Å². The highest BCUT2D eigenvalue weighted by Crippen LogP contribution is 2.18. The van der Waals surface area contributed by atoms with Gasteiger partial charge in [-0.25, -0.2) is 4.98 Å². The molecular formula is C21H20N4O3. The minimum absolute atomic E-state index is 0.183. The number of anilines is 1. The van der Waals surface area contributed by atoms with E-state index >= 15 is 0 Å². The lowest BCUT2D eigenvalue weighted by atomic mass is 10.2. The fraction of sp³-hybridized carbons (Fsp3) is 0.238. The lowest BCUT2D eigenvalue weighted by Crippen LogP contribution is -2.16. The van der Waals surface area contributed by atoms with Crippen molar-refractivity contribution in [3.63, 3.8) is 0 Å². The third kappa shape index (κ3) is 5.17. The molecule has 0 radical (unpaired) electrons. The number of fused-ring (bicyclic) bond motifs is 1. The SMILES string of the molecule is N#CCCCOc1cccc(NC(=O)CCc2nc3ccccc3c(=O)[nH]2)c1. The second-order valence-electron chi connectivity index (χ2n) is 6.22. The monoisotopic (exact) mass is 376 g/mol. The summed E-state index contributed by atoms with van der Waals surface area (Å²) in [5.41, 5.74) is 1.04. The number of carbonyl (C=O) groups is 1. The number of rotatable bonds is 8. The van der Waals surface area contributed by atoms with Crippen LogP contribution in [0.2, 0.25) is 0 Å². The van der Waals surface area contributed by atoms with E-state index in [2.05, 4.69) is 21.4 Å². The molecule has 0 bridgehead atoms. The summed E-state index contributed by atoms with van der Waals surface area (Å²) in [4.78, 5) is 31.4. The Balaban J connectivity index is 1.56. The van der Waals surface area contributed by atoms with Crippen molar-refractivity contribution >= 4 is 22.5 Å². The zero-order chi connectivity index (χ0) is 19.8. The number of nitrogens with zero attached hydrogens (tertiary/aromatic N) is 2. The number of H-pyrrole nitrogens is 1. The molecule has 1 aromatic heterocycles. The van der Waals surface area contributed by atoms with Crippen LogP contribution in [0.25, 0.3) is 10.9 Å². The highest BCUT2D eigenvalue weighted by Gasteiger charge is 2.08. The van der Waals surface area contributed by atoms with Crippen LogP contribution in [0.15, 0.2) is 53.3 Å². The van der Waals surface area contributed by atoms with Gasteiger partial charge in [-0.3, -0.25) is 9.59 Å². The zero-order valence-electron chi connectivity index (χ0n) is 15.3. The number of ether oxygens (including phenoxy) is 1. The molecule has 7 nitrogen and oxygen atoms in total. The topological polar surface area (TPSA) is 108 Å². The second kappa shape index (κ2) is 9.33. The van der Waals surface area contributed by atoms with E-state index in [-0.39, 0.29) is 17.9 Å². The number of aromatic amines is 1. The normalized spacial score (nSPS) is 10.4. The van der Waals surface area contributed by atoms with Crippen LogP contribution in [0.1, 0.15) is 25.1 Å². The quantitative estimate of drug-likeness (QED) is 0.587. The van der Waals surface area contributed by atoms with Crippen molar-refractivity contribution in [2.75, 3.05) is 11.9 Å². The molecule has 2 N–H and O–H groups in total. The first-order chi connectivity index (χ1) is 13.7. The molecule has 0 saturated carbocycles. The Bertz CT molecular complexity index is 1070. The van der Waals surface area contributed by atoms with E-state index in [1.807, 2.05) is 6.07 Å². The first-order valence-electron chi connectivity index (χ1n) is 9.03. The molecule has 28 heavy (non-hydrogen) atoms. The molecule has 1 heterocycles. The van der Waals surface area contributed by atoms with E-state index in [1.54, 1.807) is 42.5 Å². The fourth-order valence-electron chi connectivity index (χ4n) is 2.71. The van der Waals surface area contributed by atoms with Crippen LogP contribution < -0.4 is 15.6 Å². The second-order valence-corrected chi connectivity index (χ2v) is 6.22. The van der Waals surface area contributed by atoms with Crippen molar-refractivity contribution in [1.29, 1.82) is 5.26 Å². The van der Waals surface area contributed by atoms with Crippen LogP contribution in [0.5, 0.6) is 5.75 Å². The molecule has 0 unspecified atom stereocenters. The maximum absolute atomic E-state index is 12.2. The summed E-state index contributed by atoms with van der Waals surface area (Å²) in [6.07, 6.45) is 1.62. The molecule has 142 valence electrons. The summed E-state index contributed by atoms with van der Waals surface area (Å²) in [6.45, 7) is 0.450.